The van der Waals surface area contributed by atoms with Crippen molar-refractivity contribution < 1.29 is 23.1 Å². The maximum absolute atomic E-state index is 12.1. The molecule has 0 amide bonds. The molecular weight excluding hydrogens is 258 g/mol. The summed E-state index contributed by atoms with van der Waals surface area (Å²) < 4.78 is 30.3. The lowest BCUT2D eigenvalue weighted by Gasteiger charge is -2.26. The third kappa shape index (κ3) is 4.55. The van der Waals surface area contributed by atoms with E-state index in [4.69, 9.17) is 9.84 Å². The van der Waals surface area contributed by atoms with E-state index in [2.05, 4.69) is 0 Å². The fourth-order valence-electron chi connectivity index (χ4n) is 2.28. The molecule has 1 aliphatic carbocycles. The van der Waals surface area contributed by atoms with Crippen LogP contribution in [0.5, 0.6) is 0 Å². The van der Waals surface area contributed by atoms with Gasteiger partial charge in [0.1, 0.15) is 6.54 Å². The van der Waals surface area contributed by atoms with Crippen LogP contribution in [0.1, 0.15) is 32.1 Å². The lowest BCUT2D eigenvalue weighted by molar-refractivity contribution is -0.137. The van der Waals surface area contributed by atoms with Crippen molar-refractivity contribution in [2.45, 2.75) is 38.1 Å². The van der Waals surface area contributed by atoms with Crippen molar-refractivity contribution in [3.8, 4) is 0 Å². The van der Waals surface area contributed by atoms with Gasteiger partial charge in [-0.1, -0.05) is 12.8 Å². The lowest BCUT2D eigenvalue weighted by atomic mass is 10.2. The number of hydrogen-bond donors (Lipinski definition) is 1. The highest BCUT2D eigenvalue weighted by molar-refractivity contribution is 7.89. The molecule has 0 aliphatic heterocycles. The van der Waals surface area contributed by atoms with E-state index in [1.807, 2.05) is 0 Å². The second-order valence-corrected chi connectivity index (χ2v) is 6.58. The summed E-state index contributed by atoms with van der Waals surface area (Å²) in [5, 5.41) is 8.85. The van der Waals surface area contributed by atoms with Gasteiger partial charge < -0.3 is 9.84 Å². The molecule has 0 radical (unpaired) electrons. The van der Waals surface area contributed by atoms with Crippen LogP contribution in [0.4, 0.5) is 0 Å². The van der Waals surface area contributed by atoms with Gasteiger partial charge in [-0.15, -0.1) is 0 Å². The molecule has 0 aromatic carbocycles. The van der Waals surface area contributed by atoms with Gasteiger partial charge in [-0.2, -0.15) is 4.31 Å². The van der Waals surface area contributed by atoms with Crippen LogP contribution in [-0.2, 0) is 19.6 Å². The van der Waals surface area contributed by atoms with E-state index in [1.54, 1.807) is 0 Å². The highest BCUT2D eigenvalue weighted by Gasteiger charge is 2.33. The average Bonchev–Trinajstić information content (AvgIpc) is 2.78. The molecule has 106 valence electrons. The Hall–Kier alpha value is -0.660. The first-order valence-corrected chi connectivity index (χ1v) is 7.78. The number of sulfonamides is 1. The molecule has 1 saturated carbocycles. The van der Waals surface area contributed by atoms with Crippen LogP contribution >= 0.6 is 0 Å². The second-order valence-electron chi connectivity index (χ2n) is 4.54. The largest absolute Gasteiger partial charge is 0.480 e. The van der Waals surface area contributed by atoms with Crippen LogP contribution in [0.15, 0.2) is 0 Å². The predicted molar refractivity (Wildman–Crippen MR) is 66.9 cm³/mol. The van der Waals surface area contributed by atoms with Gasteiger partial charge in [-0.25, -0.2) is 8.42 Å². The summed E-state index contributed by atoms with van der Waals surface area (Å²) >= 11 is 0. The molecule has 1 rings (SSSR count). The molecule has 0 aromatic rings. The number of carboxylic acids is 1. The highest BCUT2D eigenvalue weighted by Crippen LogP contribution is 2.25. The fraction of sp³-hybridized carbons (Fsp3) is 0.909. The molecule has 0 aromatic heterocycles. The molecule has 1 N–H and O–H groups in total. The van der Waals surface area contributed by atoms with Crippen molar-refractivity contribution in [3.63, 3.8) is 0 Å². The topological polar surface area (TPSA) is 83.9 Å². The quantitative estimate of drug-likeness (QED) is 0.661. The average molecular weight is 279 g/mol. The fourth-order valence-corrected chi connectivity index (χ4v) is 3.97. The number of carboxylic acid groups (broad SMARTS) is 1. The first-order chi connectivity index (χ1) is 8.47. The molecule has 7 heteroatoms. The summed E-state index contributed by atoms with van der Waals surface area (Å²) in [7, 11) is -1.99. The van der Waals surface area contributed by atoms with E-state index < -0.39 is 22.5 Å². The molecule has 0 saturated heterocycles. The Balaban J connectivity index is 2.70. The predicted octanol–water partition coefficient (Wildman–Crippen LogP) is 0.682. The molecule has 0 spiro atoms. The van der Waals surface area contributed by atoms with Gasteiger partial charge in [-0.3, -0.25) is 4.79 Å². The smallest absolute Gasteiger partial charge is 0.318 e. The van der Waals surface area contributed by atoms with E-state index in [0.717, 1.165) is 30.0 Å². The number of methoxy groups -OCH3 is 1. The van der Waals surface area contributed by atoms with Gasteiger partial charge in [-0.05, 0) is 19.3 Å². The van der Waals surface area contributed by atoms with Gasteiger partial charge >= 0.3 is 5.97 Å². The minimum Gasteiger partial charge on any atom is -0.480 e. The van der Waals surface area contributed by atoms with Crippen molar-refractivity contribution in [1.29, 1.82) is 0 Å². The maximum Gasteiger partial charge on any atom is 0.318 e. The first kappa shape index (κ1) is 15.4. The van der Waals surface area contributed by atoms with E-state index in [-0.39, 0.29) is 11.8 Å². The minimum absolute atomic E-state index is 0.0510. The van der Waals surface area contributed by atoms with Crippen molar-refractivity contribution in [1.82, 2.24) is 4.31 Å². The summed E-state index contributed by atoms with van der Waals surface area (Å²) in [6, 6.07) is -0.145. The van der Waals surface area contributed by atoms with E-state index in [1.165, 1.54) is 7.11 Å². The Morgan fingerprint density at radius 1 is 1.39 bits per heavy atom. The zero-order valence-corrected chi connectivity index (χ0v) is 11.5. The summed E-state index contributed by atoms with van der Waals surface area (Å²) in [6.45, 7) is -0.0647. The number of hydrogen-bond acceptors (Lipinski definition) is 4. The van der Waals surface area contributed by atoms with Gasteiger partial charge in [0.25, 0.3) is 0 Å². The van der Waals surface area contributed by atoms with Gasteiger partial charge in [0, 0.05) is 19.8 Å². The van der Waals surface area contributed by atoms with Crippen LogP contribution in [-0.4, -0.2) is 55.9 Å². The van der Waals surface area contributed by atoms with Crippen LogP contribution < -0.4 is 0 Å². The minimum atomic E-state index is -3.50. The van der Waals surface area contributed by atoms with E-state index in [0.29, 0.717) is 13.0 Å². The number of rotatable bonds is 8. The maximum atomic E-state index is 12.1. The van der Waals surface area contributed by atoms with Gasteiger partial charge in [0.05, 0.1) is 5.75 Å². The third-order valence-electron chi connectivity index (χ3n) is 3.13. The monoisotopic (exact) mass is 279 g/mol. The molecule has 0 bridgehead atoms. The van der Waals surface area contributed by atoms with E-state index >= 15 is 0 Å². The van der Waals surface area contributed by atoms with E-state index in [9.17, 15) is 13.2 Å². The summed E-state index contributed by atoms with van der Waals surface area (Å²) in [4.78, 5) is 10.8. The molecule has 0 atom stereocenters. The number of carbonyl (C=O) groups is 1. The molecular formula is C11H21NO5S. The molecule has 18 heavy (non-hydrogen) atoms. The first-order valence-electron chi connectivity index (χ1n) is 6.17. The van der Waals surface area contributed by atoms with Crippen LogP contribution in [0.2, 0.25) is 0 Å². The molecule has 1 fully saturated rings. The van der Waals surface area contributed by atoms with Crippen LogP contribution in [0.25, 0.3) is 0 Å². The molecule has 6 nitrogen and oxygen atoms in total. The third-order valence-corrected chi connectivity index (χ3v) is 5.08. The molecule has 0 heterocycles. The van der Waals surface area contributed by atoms with Gasteiger partial charge in [0.15, 0.2) is 0 Å². The zero-order valence-electron chi connectivity index (χ0n) is 10.7. The normalized spacial score (nSPS) is 17.4. The summed E-state index contributed by atoms with van der Waals surface area (Å²) in [6.07, 6.45) is 3.85. The standard InChI is InChI=1S/C11H21NO5S/c1-17-7-4-8-18(15,16)12(9-11(13)14)10-5-2-3-6-10/h10H,2-9H2,1H3,(H,13,14). The Labute approximate surface area is 108 Å². The number of aliphatic carboxylic acids is 1. The number of nitrogens with zero attached hydrogens (tertiary/aromatic N) is 1. The molecule has 1 aliphatic rings. The Morgan fingerprint density at radius 3 is 2.50 bits per heavy atom. The second kappa shape index (κ2) is 7.06. The summed E-state index contributed by atoms with van der Waals surface area (Å²) in [5.41, 5.74) is 0. The van der Waals surface area contributed by atoms with Gasteiger partial charge in [0.2, 0.25) is 10.0 Å². The van der Waals surface area contributed by atoms with Crippen LogP contribution in [0.3, 0.4) is 0 Å². The SMILES string of the molecule is COCCCS(=O)(=O)N(CC(=O)O)C1CCCC1. The van der Waals surface area contributed by atoms with Crippen LogP contribution in [0, 0.1) is 0 Å². The van der Waals surface area contributed by atoms with Crippen molar-refractivity contribution in [2.75, 3.05) is 26.0 Å². The Kier molecular flexibility index (Phi) is 6.04. The molecule has 0 unspecified atom stereocenters. The zero-order chi connectivity index (χ0) is 13.6. The van der Waals surface area contributed by atoms with Crippen molar-refractivity contribution in [2.24, 2.45) is 0 Å². The highest BCUT2D eigenvalue weighted by atomic mass is 32.2. The summed E-state index contributed by atoms with van der Waals surface area (Å²) in [5.74, 6) is -1.15. The van der Waals surface area contributed by atoms with Crippen molar-refractivity contribution in [3.05, 3.63) is 0 Å². The number of ether oxygens (including phenoxy) is 1. The Bertz CT molecular complexity index is 362. The lowest BCUT2D eigenvalue weighted by Crippen LogP contribution is -2.43. The Morgan fingerprint density at radius 2 is 2.00 bits per heavy atom. The van der Waals surface area contributed by atoms with Crippen molar-refractivity contribution >= 4 is 16.0 Å².